The Kier molecular flexibility index (Phi) is 5.76. The van der Waals surface area contributed by atoms with Crippen LogP contribution < -0.4 is 5.32 Å². The summed E-state index contributed by atoms with van der Waals surface area (Å²) in [5.41, 5.74) is 2.97. The number of fused-ring (bicyclic) bond motifs is 1. The number of non-ortho nitro benzene ring substituents is 1. The number of hydrogen-bond donors (Lipinski definition) is 1. The Labute approximate surface area is 198 Å². The summed E-state index contributed by atoms with van der Waals surface area (Å²) in [7, 11) is 0. The lowest BCUT2D eigenvalue weighted by Gasteiger charge is -2.20. The number of aromatic nitrogens is 4. The van der Waals surface area contributed by atoms with Gasteiger partial charge in [-0.2, -0.15) is 5.10 Å². The predicted octanol–water partition coefficient (Wildman–Crippen LogP) is 4.44. The van der Waals surface area contributed by atoms with Gasteiger partial charge in [0.05, 0.1) is 34.0 Å². The lowest BCUT2D eigenvalue weighted by Crippen LogP contribution is -2.31. The number of carbonyl (C=O) groups is 1. The fourth-order valence-electron chi connectivity index (χ4n) is 3.85. The second kappa shape index (κ2) is 9.18. The van der Waals surface area contributed by atoms with Crippen molar-refractivity contribution < 1.29 is 14.1 Å². The van der Waals surface area contributed by atoms with E-state index in [1.807, 2.05) is 28.8 Å². The first-order valence-electron chi connectivity index (χ1n) is 10.7. The molecule has 10 heteroatoms. The van der Waals surface area contributed by atoms with Crippen molar-refractivity contribution in [3.05, 3.63) is 119 Å². The summed E-state index contributed by atoms with van der Waals surface area (Å²) in [6, 6.07) is 20.6. The van der Waals surface area contributed by atoms with Crippen LogP contribution in [0.15, 0.2) is 91.4 Å². The number of carbonyl (C=O) groups excluding carboxylic acids is 1. The van der Waals surface area contributed by atoms with Gasteiger partial charge in [-0.3, -0.25) is 14.9 Å². The Balaban J connectivity index is 1.41. The van der Waals surface area contributed by atoms with Gasteiger partial charge >= 0.3 is 0 Å². The number of benzene rings is 3. The Morgan fingerprint density at radius 3 is 2.66 bits per heavy atom. The first-order valence-corrected chi connectivity index (χ1v) is 10.7. The van der Waals surface area contributed by atoms with Crippen LogP contribution in [0.2, 0.25) is 0 Å². The van der Waals surface area contributed by atoms with Crippen molar-refractivity contribution in [3.8, 4) is 5.69 Å². The van der Waals surface area contributed by atoms with Gasteiger partial charge in [-0.25, -0.2) is 14.1 Å². The van der Waals surface area contributed by atoms with Crippen molar-refractivity contribution >= 4 is 22.6 Å². The molecular formula is C25H19FN6O3. The second-order valence-corrected chi connectivity index (χ2v) is 7.89. The van der Waals surface area contributed by atoms with Gasteiger partial charge in [0.2, 0.25) is 0 Å². The molecule has 0 fully saturated rings. The van der Waals surface area contributed by atoms with E-state index in [0.717, 1.165) is 16.6 Å². The third kappa shape index (κ3) is 4.62. The minimum Gasteiger partial charge on any atom is -0.342 e. The van der Waals surface area contributed by atoms with E-state index in [0.29, 0.717) is 12.2 Å². The van der Waals surface area contributed by atoms with Crippen LogP contribution in [0.3, 0.4) is 0 Å². The Morgan fingerprint density at radius 2 is 1.86 bits per heavy atom. The molecule has 0 aliphatic rings. The molecule has 9 nitrogen and oxygen atoms in total. The third-order valence-corrected chi connectivity index (χ3v) is 5.61. The van der Waals surface area contributed by atoms with Gasteiger partial charge < -0.3 is 9.88 Å². The topological polar surface area (TPSA) is 108 Å². The lowest BCUT2D eigenvalue weighted by molar-refractivity contribution is -0.384. The molecule has 0 bridgehead atoms. The van der Waals surface area contributed by atoms with Gasteiger partial charge in [-0.1, -0.05) is 30.3 Å². The number of hydrogen-bond acceptors (Lipinski definition) is 5. The van der Waals surface area contributed by atoms with Crippen LogP contribution in [0.1, 0.15) is 22.1 Å². The molecule has 2 aromatic heterocycles. The molecule has 0 aliphatic heterocycles. The smallest absolute Gasteiger partial charge is 0.272 e. The molecule has 174 valence electrons. The van der Waals surface area contributed by atoms with Crippen LogP contribution in [0.4, 0.5) is 10.1 Å². The largest absolute Gasteiger partial charge is 0.342 e. The highest BCUT2D eigenvalue weighted by Crippen LogP contribution is 2.21. The molecular weight excluding hydrogens is 451 g/mol. The molecule has 1 atom stereocenters. The van der Waals surface area contributed by atoms with Crippen LogP contribution in [0.5, 0.6) is 0 Å². The fourth-order valence-corrected chi connectivity index (χ4v) is 3.85. The summed E-state index contributed by atoms with van der Waals surface area (Å²) in [5.74, 6) is -0.810. The molecule has 5 aromatic rings. The Morgan fingerprint density at radius 1 is 1.06 bits per heavy atom. The van der Waals surface area contributed by atoms with Crippen molar-refractivity contribution in [1.29, 1.82) is 0 Å². The first-order chi connectivity index (χ1) is 17.0. The minimum absolute atomic E-state index is 0.0760. The maximum atomic E-state index is 13.5. The standard InChI is InChI=1S/C25H19FN6O3/c26-18-10-8-17(9-11-18)23(15-30-16-27-21-6-1-2-7-24(21)30)28-25(33)22-12-13-31(29-22)19-4-3-5-20(14-19)32(34)35/h1-14,16,23H,15H2,(H,28,33). The summed E-state index contributed by atoms with van der Waals surface area (Å²) in [5, 5.41) is 18.3. The number of nitrogens with one attached hydrogen (secondary N) is 1. The molecule has 1 amide bonds. The van der Waals surface area contributed by atoms with E-state index in [1.165, 1.54) is 35.0 Å². The molecule has 0 aliphatic carbocycles. The zero-order chi connectivity index (χ0) is 24.4. The molecule has 3 aromatic carbocycles. The van der Waals surface area contributed by atoms with E-state index in [2.05, 4.69) is 15.4 Å². The number of nitro benzene ring substituents is 1. The number of nitro groups is 1. The van der Waals surface area contributed by atoms with Gasteiger partial charge in [-0.05, 0) is 42.0 Å². The summed E-state index contributed by atoms with van der Waals surface area (Å²) in [6.45, 7) is 0.365. The summed E-state index contributed by atoms with van der Waals surface area (Å²) in [4.78, 5) is 28.1. The number of imidazole rings is 1. The average molecular weight is 470 g/mol. The Hall–Kier alpha value is -4.86. The molecule has 0 spiro atoms. The highest BCUT2D eigenvalue weighted by atomic mass is 19.1. The number of rotatable bonds is 7. The molecule has 1 N–H and O–H groups in total. The summed E-state index contributed by atoms with van der Waals surface area (Å²) < 4.78 is 16.9. The van der Waals surface area contributed by atoms with E-state index < -0.39 is 16.9 Å². The van der Waals surface area contributed by atoms with E-state index in [-0.39, 0.29) is 17.2 Å². The maximum Gasteiger partial charge on any atom is 0.272 e. The van der Waals surface area contributed by atoms with Crippen LogP contribution >= 0.6 is 0 Å². The number of halogens is 1. The third-order valence-electron chi connectivity index (χ3n) is 5.61. The number of para-hydroxylation sites is 2. The van der Waals surface area contributed by atoms with Gasteiger partial charge in [-0.15, -0.1) is 0 Å². The molecule has 0 radical (unpaired) electrons. The molecule has 2 heterocycles. The first kappa shape index (κ1) is 22.0. The normalized spacial score (nSPS) is 11.9. The molecule has 1 unspecified atom stereocenters. The molecule has 0 saturated heterocycles. The lowest BCUT2D eigenvalue weighted by atomic mass is 10.1. The molecule has 0 saturated carbocycles. The highest BCUT2D eigenvalue weighted by molar-refractivity contribution is 5.92. The quantitative estimate of drug-likeness (QED) is 0.279. The molecule has 35 heavy (non-hydrogen) atoms. The molecule has 5 rings (SSSR count). The van der Waals surface area contributed by atoms with Crippen molar-refractivity contribution in [2.24, 2.45) is 0 Å². The van der Waals surface area contributed by atoms with Crippen LogP contribution in [0.25, 0.3) is 16.7 Å². The van der Waals surface area contributed by atoms with E-state index in [9.17, 15) is 19.3 Å². The SMILES string of the molecule is O=C(NC(Cn1cnc2ccccc21)c1ccc(F)cc1)c1ccn(-c2cccc([N+](=O)[O-])c2)n1. The number of amides is 1. The fraction of sp³-hybridized carbons (Fsp3) is 0.0800. The summed E-state index contributed by atoms with van der Waals surface area (Å²) >= 11 is 0. The van der Waals surface area contributed by atoms with E-state index in [1.54, 1.807) is 36.8 Å². The van der Waals surface area contributed by atoms with Crippen molar-refractivity contribution in [2.75, 3.05) is 0 Å². The highest BCUT2D eigenvalue weighted by Gasteiger charge is 2.20. The van der Waals surface area contributed by atoms with Gasteiger partial charge in [0, 0.05) is 24.9 Å². The monoisotopic (exact) mass is 470 g/mol. The zero-order valence-corrected chi connectivity index (χ0v) is 18.3. The van der Waals surface area contributed by atoms with Crippen LogP contribution in [-0.2, 0) is 6.54 Å². The summed E-state index contributed by atoms with van der Waals surface area (Å²) in [6.07, 6.45) is 3.26. The van der Waals surface area contributed by atoms with Gasteiger partial charge in [0.25, 0.3) is 11.6 Å². The minimum atomic E-state index is -0.497. The van der Waals surface area contributed by atoms with Crippen molar-refractivity contribution in [3.63, 3.8) is 0 Å². The maximum absolute atomic E-state index is 13.5. The number of nitrogens with zero attached hydrogens (tertiary/aromatic N) is 5. The van der Waals surface area contributed by atoms with Gasteiger partial charge in [0.1, 0.15) is 5.82 Å². The van der Waals surface area contributed by atoms with Gasteiger partial charge in [0.15, 0.2) is 5.69 Å². The van der Waals surface area contributed by atoms with Crippen LogP contribution in [0, 0.1) is 15.9 Å². The van der Waals surface area contributed by atoms with Crippen molar-refractivity contribution in [2.45, 2.75) is 12.6 Å². The second-order valence-electron chi connectivity index (χ2n) is 7.89. The van der Waals surface area contributed by atoms with E-state index >= 15 is 0 Å². The zero-order valence-electron chi connectivity index (χ0n) is 18.3. The predicted molar refractivity (Wildman–Crippen MR) is 127 cm³/mol. The average Bonchev–Trinajstić information content (AvgIpc) is 3.52. The van der Waals surface area contributed by atoms with Crippen LogP contribution in [-0.4, -0.2) is 30.2 Å². The Bertz CT molecular complexity index is 1530. The van der Waals surface area contributed by atoms with Crippen molar-refractivity contribution in [1.82, 2.24) is 24.6 Å². The van der Waals surface area contributed by atoms with E-state index in [4.69, 9.17) is 0 Å².